The van der Waals surface area contributed by atoms with E-state index in [0.29, 0.717) is 6.10 Å². The Bertz CT molecular complexity index is 140. The van der Waals surface area contributed by atoms with Gasteiger partial charge in [-0.05, 0) is 26.7 Å². The van der Waals surface area contributed by atoms with Crippen LogP contribution < -0.4 is 0 Å². The van der Waals surface area contributed by atoms with Crippen LogP contribution in [-0.4, -0.2) is 11.7 Å². The molecule has 1 rings (SSSR count). The lowest BCUT2D eigenvalue weighted by Gasteiger charge is -2.32. The average molecular weight is 140 g/mol. The van der Waals surface area contributed by atoms with Crippen molar-refractivity contribution >= 4 is 0 Å². The molecule has 1 nitrogen and oxygen atoms in total. The van der Waals surface area contributed by atoms with Crippen LogP contribution in [0, 0.1) is 0 Å². The van der Waals surface area contributed by atoms with Gasteiger partial charge in [-0.25, -0.2) is 0 Å². The zero-order valence-electron chi connectivity index (χ0n) is 7.05. The van der Waals surface area contributed by atoms with Gasteiger partial charge in [0, 0.05) is 0 Å². The second-order valence-electron chi connectivity index (χ2n) is 3.23. The molecule has 1 aliphatic rings. The molecule has 0 bridgehead atoms. The van der Waals surface area contributed by atoms with Crippen molar-refractivity contribution < 1.29 is 4.74 Å². The van der Waals surface area contributed by atoms with Crippen molar-refractivity contribution in [2.24, 2.45) is 0 Å². The third kappa shape index (κ3) is 1.60. The van der Waals surface area contributed by atoms with Gasteiger partial charge in [0.15, 0.2) is 0 Å². The first-order valence-electron chi connectivity index (χ1n) is 4.02. The summed E-state index contributed by atoms with van der Waals surface area (Å²) in [6, 6.07) is 0. The Labute approximate surface area is 63.1 Å². The molecule has 0 saturated heterocycles. The molecule has 0 aromatic carbocycles. The highest BCUT2D eigenvalue weighted by molar-refractivity contribution is 5.03. The van der Waals surface area contributed by atoms with Crippen molar-refractivity contribution in [1.29, 1.82) is 0 Å². The van der Waals surface area contributed by atoms with Crippen LogP contribution in [0.2, 0.25) is 0 Å². The molecule has 0 aromatic rings. The molecule has 0 amide bonds. The summed E-state index contributed by atoms with van der Waals surface area (Å²) in [4.78, 5) is 0. The first-order chi connectivity index (χ1) is 4.66. The zero-order valence-corrected chi connectivity index (χ0v) is 7.05. The molecule has 0 saturated carbocycles. The third-order valence-electron chi connectivity index (χ3n) is 2.11. The summed E-state index contributed by atoms with van der Waals surface area (Å²) in [5, 5.41) is 0. The summed E-state index contributed by atoms with van der Waals surface area (Å²) in [7, 11) is 0. The summed E-state index contributed by atoms with van der Waals surface area (Å²) in [6.45, 7) is 6.42. The number of hydrogen-bond donors (Lipinski definition) is 0. The molecule has 2 unspecified atom stereocenters. The molecule has 1 aliphatic heterocycles. The summed E-state index contributed by atoms with van der Waals surface area (Å²) in [5.41, 5.74) is 0.0116. The van der Waals surface area contributed by atoms with Crippen molar-refractivity contribution in [1.82, 2.24) is 0 Å². The van der Waals surface area contributed by atoms with Crippen LogP contribution in [0.5, 0.6) is 0 Å². The smallest absolute Gasteiger partial charge is 0.0835 e. The van der Waals surface area contributed by atoms with E-state index in [1.165, 1.54) is 0 Å². The second kappa shape index (κ2) is 2.75. The molecule has 2 atom stereocenters. The average Bonchev–Trinajstić information content (AvgIpc) is 1.88. The van der Waals surface area contributed by atoms with Crippen LogP contribution in [-0.2, 0) is 4.74 Å². The van der Waals surface area contributed by atoms with Crippen LogP contribution in [0.4, 0.5) is 0 Å². The highest BCUT2D eigenvalue weighted by Crippen LogP contribution is 2.24. The molecule has 58 valence electrons. The normalized spacial score (nSPS) is 40.1. The molecular formula is C9H16O. The van der Waals surface area contributed by atoms with Gasteiger partial charge in [-0.3, -0.25) is 0 Å². The SMILES string of the molecule is CCC1(C)C=CCC(C)O1. The van der Waals surface area contributed by atoms with Gasteiger partial charge in [0.25, 0.3) is 0 Å². The molecular weight excluding hydrogens is 124 g/mol. The summed E-state index contributed by atoms with van der Waals surface area (Å²) in [6.07, 6.45) is 6.92. The van der Waals surface area contributed by atoms with Crippen LogP contribution in [0.3, 0.4) is 0 Å². The van der Waals surface area contributed by atoms with E-state index in [2.05, 4.69) is 32.9 Å². The first-order valence-corrected chi connectivity index (χ1v) is 4.02. The maximum absolute atomic E-state index is 5.74. The standard InChI is InChI=1S/C9H16O/c1-4-9(3)7-5-6-8(2)10-9/h5,7-8H,4,6H2,1-3H3. The van der Waals surface area contributed by atoms with E-state index >= 15 is 0 Å². The largest absolute Gasteiger partial charge is 0.368 e. The maximum Gasteiger partial charge on any atom is 0.0835 e. The Hall–Kier alpha value is -0.300. The van der Waals surface area contributed by atoms with Gasteiger partial charge >= 0.3 is 0 Å². The molecule has 0 fully saturated rings. The lowest BCUT2D eigenvalue weighted by atomic mass is 9.98. The van der Waals surface area contributed by atoms with Crippen molar-refractivity contribution in [3.63, 3.8) is 0 Å². The Morgan fingerprint density at radius 2 is 2.40 bits per heavy atom. The zero-order chi connectivity index (χ0) is 7.61. The Morgan fingerprint density at radius 3 is 2.80 bits per heavy atom. The minimum atomic E-state index is 0.0116. The van der Waals surface area contributed by atoms with Gasteiger partial charge < -0.3 is 4.74 Å². The number of rotatable bonds is 1. The molecule has 1 heterocycles. The van der Waals surface area contributed by atoms with Gasteiger partial charge in [0.2, 0.25) is 0 Å². The van der Waals surface area contributed by atoms with E-state index in [0.717, 1.165) is 12.8 Å². The Balaban J connectivity index is 2.61. The molecule has 1 heteroatoms. The molecule has 0 aromatic heterocycles. The van der Waals surface area contributed by atoms with Crippen molar-refractivity contribution in [3.05, 3.63) is 12.2 Å². The van der Waals surface area contributed by atoms with Gasteiger partial charge in [-0.15, -0.1) is 0 Å². The summed E-state index contributed by atoms with van der Waals surface area (Å²) < 4.78 is 5.74. The summed E-state index contributed by atoms with van der Waals surface area (Å²) >= 11 is 0. The second-order valence-corrected chi connectivity index (χ2v) is 3.23. The van der Waals surface area contributed by atoms with E-state index in [1.54, 1.807) is 0 Å². The fraction of sp³-hybridized carbons (Fsp3) is 0.778. The van der Waals surface area contributed by atoms with E-state index in [4.69, 9.17) is 4.74 Å². The van der Waals surface area contributed by atoms with Gasteiger partial charge in [-0.1, -0.05) is 19.1 Å². The third-order valence-corrected chi connectivity index (χ3v) is 2.11. The molecule has 0 radical (unpaired) electrons. The lowest BCUT2D eigenvalue weighted by Crippen LogP contribution is -2.32. The topological polar surface area (TPSA) is 9.23 Å². The number of ether oxygens (including phenoxy) is 1. The van der Waals surface area contributed by atoms with E-state index in [-0.39, 0.29) is 5.60 Å². The van der Waals surface area contributed by atoms with Crippen molar-refractivity contribution in [2.45, 2.75) is 45.3 Å². The van der Waals surface area contributed by atoms with Crippen LogP contribution >= 0.6 is 0 Å². The highest BCUT2D eigenvalue weighted by atomic mass is 16.5. The van der Waals surface area contributed by atoms with Crippen LogP contribution in [0.1, 0.15) is 33.6 Å². The van der Waals surface area contributed by atoms with Gasteiger partial charge in [-0.2, -0.15) is 0 Å². The predicted molar refractivity (Wildman–Crippen MR) is 43.0 cm³/mol. The van der Waals surface area contributed by atoms with Crippen LogP contribution in [0.15, 0.2) is 12.2 Å². The molecule has 0 aliphatic carbocycles. The van der Waals surface area contributed by atoms with Crippen molar-refractivity contribution in [2.75, 3.05) is 0 Å². The monoisotopic (exact) mass is 140 g/mol. The maximum atomic E-state index is 5.74. The summed E-state index contributed by atoms with van der Waals surface area (Å²) in [5.74, 6) is 0. The Morgan fingerprint density at radius 1 is 1.70 bits per heavy atom. The fourth-order valence-corrected chi connectivity index (χ4v) is 1.26. The highest BCUT2D eigenvalue weighted by Gasteiger charge is 2.24. The van der Waals surface area contributed by atoms with E-state index in [9.17, 15) is 0 Å². The molecule has 0 spiro atoms. The van der Waals surface area contributed by atoms with E-state index in [1.807, 2.05) is 0 Å². The van der Waals surface area contributed by atoms with Crippen LogP contribution in [0.25, 0.3) is 0 Å². The van der Waals surface area contributed by atoms with Crippen molar-refractivity contribution in [3.8, 4) is 0 Å². The number of hydrogen-bond acceptors (Lipinski definition) is 1. The molecule has 10 heavy (non-hydrogen) atoms. The molecule has 0 N–H and O–H groups in total. The quantitative estimate of drug-likeness (QED) is 0.508. The van der Waals surface area contributed by atoms with Gasteiger partial charge in [0.1, 0.15) is 0 Å². The van der Waals surface area contributed by atoms with E-state index < -0.39 is 0 Å². The Kier molecular flexibility index (Phi) is 2.14. The minimum Gasteiger partial charge on any atom is -0.368 e. The van der Waals surface area contributed by atoms with Gasteiger partial charge in [0.05, 0.1) is 11.7 Å². The predicted octanol–water partition coefficient (Wildman–Crippen LogP) is 2.52. The fourth-order valence-electron chi connectivity index (χ4n) is 1.26. The first kappa shape index (κ1) is 7.80. The lowest BCUT2D eigenvalue weighted by molar-refractivity contribution is -0.0525. The minimum absolute atomic E-state index is 0.0116.